The van der Waals surface area contributed by atoms with Gasteiger partial charge < -0.3 is 4.74 Å². The average Bonchev–Trinajstić information content (AvgIpc) is 2.95. The minimum absolute atomic E-state index is 0.144. The molecule has 2 saturated carbocycles. The zero-order chi connectivity index (χ0) is 39.4. The van der Waals surface area contributed by atoms with Crippen LogP contribution in [0.25, 0.3) is 0 Å². The Morgan fingerprint density at radius 1 is 0.653 bits per heavy atom. The topological polar surface area (TPSA) is 18.5 Å². The van der Waals surface area contributed by atoms with Crippen molar-refractivity contribution in [2.24, 2.45) is 23.7 Å². The van der Waals surface area contributed by atoms with Crippen molar-refractivity contribution in [3.63, 3.8) is 0 Å². The Labute approximate surface area is 331 Å². The van der Waals surface area contributed by atoms with Crippen molar-refractivity contribution in [2.75, 3.05) is 22.6 Å². The molecule has 0 bridgehead atoms. The first kappa shape index (κ1) is 52.6. The van der Waals surface area contributed by atoms with E-state index in [4.69, 9.17) is 0 Å². The van der Waals surface area contributed by atoms with Crippen LogP contribution in [0, 0.1) is 23.7 Å². The molecule has 2 aliphatic rings. The van der Waals surface area contributed by atoms with Crippen LogP contribution >= 0.6 is 90.4 Å². The number of halogens is 19. The molecule has 0 aliphatic heterocycles. The van der Waals surface area contributed by atoms with Crippen molar-refractivity contribution in [1.29, 1.82) is 0 Å². The highest BCUT2D eigenvalue weighted by Crippen LogP contribution is 2.54. The van der Waals surface area contributed by atoms with Gasteiger partial charge in [-0.3, -0.25) is 4.74 Å². The van der Waals surface area contributed by atoms with Gasteiger partial charge in [-0.25, -0.2) is 17.6 Å². The Hall–Kier alpha value is 1.53. The lowest BCUT2D eigenvalue weighted by Crippen LogP contribution is -2.62. The van der Waals surface area contributed by atoms with E-state index in [-0.39, 0.29) is 18.9 Å². The number of rotatable bonds is 11. The van der Waals surface area contributed by atoms with E-state index in [2.05, 4.69) is 74.7 Å². The molecule has 0 N–H and O–H groups in total. The van der Waals surface area contributed by atoms with Crippen LogP contribution < -0.4 is 0 Å². The second-order valence-electron chi connectivity index (χ2n) is 11.4. The molecule has 0 radical (unpaired) electrons. The third-order valence-corrected chi connectivity index (χ3v) is 11.5. The van der Waals surface area contributed by atoms with E-state index in [9.17, 15) is 65.9 Å². The minimum Gasteiger partial charge on any atom is -0.319 e. The standard InChI is InChI=1S/C11H18F2I2.C8H7F11O2.C7H10F2I2.C2H4/c1-8-6-9(2-4-14)11(12,13)10(7-8)3-5-15;1-20-7(15,16)6(13,14)5(11,12)4(9,10)2-3-21-8(17,18)19;1-4-2-5(10)7(8,9)6(11)3-4;1-2/h8-10H,2-7H2,1H3;2-3H2,1H3;4-6H,2-3H2,1H3;1-2H2. The maximum Gasteiger partial charge on any atom is 0.522 e. The highest BCUT2D eigenvalue weighted by Gasteiger charge is 2.81. The fraction of sp³-hybridized carbons (Fsp3) is 0.929. The molecular weight excluding hydrogens is 1160 g/mol. The number of alkyl halides is 19. The van der Waals surface area contributed by atoms with Gasteiger partial charge in [0.1, 0.15) is 0 Å². The molecule has 0 aromatic rings. The molecule has 0 spiro atoms. The predicted octanol–water partition coefficient (Wildman–Crippen LogP) is 13.5. The Balaban J connectivity index is 0. The second kappa shape index (κ2) is 21.6. The second-order valence-corrected chi connectivity index (χ2v) is 16.6. The first-order chi connectivity index (χ1) is 22.0. The summed E-state index contributed by atoms with van der Waals surface area (Å²) < 4.78 is 197. The maximum atomic E-state index is 14.1. The summed E-state index contributed by atoms with van der Waals surface area (Å²) in [5.41, 5.74) is 0. The van der Waals surface area contributed by atoms with E-state index in [1.54, 1.807) is 0 Å². The molecule has 2 nitrogen and oxygen atoms in total. The molecule has 0 aromatic carbocycles. The molecule has 4 atom stereocenters. The summed E-state index contributed by atoms with van der Waals surface area (Å²) in [7, 11) is -0.144. The summed E-state index contributed by atoms with van der Waals surface area (Å²) in [5.74, 6) is -23.9. The molecule has 4 unspecified atom stereocenters. The zero-order valence-corrected chi connectivity index (χ0v) is 35.1. The van der Waals surface area contributed by atoms with Gasteiger partial charge in [0.25, 0.3) is 11.8 Å². The Kier molecular flexibility index (Phi) is 23.2. The summed E-state index contributed by atoms with van der Waals surface area (Å²) in [4.78, 5) is 0. The molecule has 296 valence electrons. The monoisotopic (exact) mass is 1200 g/mol. The van der Waals surface area contributed by atoms with Crippen molar-refractivity contribution in [3.05, 3.63) is 13.2 Å². The highest BCUT2D eigenvalue weighted by molar-refractivity contribution is 14.1. The van der Waals surface area contributed by atoms with Crippen LogP contribution in [-0.2, 0) is 9.47 Å². The Morgan fingerprint density at radius 2 is 1.02 bits per heavy atom. The van der Waals surface area contributed by atoms with Gasteiger partial charge >= 0.3 is 30.2 Å². The van der Waals surface area contributed by atoms with E-state index in [1.807, 2.05) is 52.1 Å². The summed E-state index contributed by atoms with van der Waals surface area (Å²) in [6, 6.07) is 0. The van der Waals surface area contributed by atoms with Crippen LogP contribution in [0.15, 0.2) is 13.2 Å². The molecule has 49 heavy (non-hydrogen) atoms. The van der Waals surface area contributed by atoms with Crippen LogP contribution in [0.3, 0.4) is 0 Å². The van der Waals surface area contributed by atoms with Gasteiger partial charge in [0.05, 0.1) is 14.5 Å². The smallest absolute Gasteiger partial charge is 0.319 e. The third kappa shape index (κ3) is 15.3. The first-order valence-electron chi connectivity index (χ1n) is 14.4. The zero-order valence-electron chi connectivity index (χ0n) is 26.4. The van der Waals surface area contributed by atoms with Crippen LogP contribution in [0.5, 0.6) is 0 Å². The molecule has 0 aromatic heterocycles. The molecular formula is C28H39F15I4O2. The van der Waals surface area contributed by atoms with Crippen molar-refractivity contribution in [3.8, 4) is 0 Å². The molecule has 0 heterocycles. The molecule has 0 saturated heterocycles. The first-order valence-corrected chi connectivity index (χ1v) is 19.9. The van der Waals surface area contributed by atoms with E-state index in [0.29, 0.717) is 50.4 Å². The van der Waals surface area contributed by atoms with E-state index in [0.717, 1.165) is 8.86 Å². The van der Waals surface area contributed by atoms with Gasteiger partial charge in [-0.2, -0.15) is 35.1 Å². The number of ether oxygens (including phenoxy) is 2. The lowest BCUT2D eigenvalue weighted by atomic mass is 9.71. The van der Waals surface area contributed by atoms with E-state index >= 15 is 0 Å². The molecule has 2 aliphatic carbocycles. The summed E-state index contributed by atoms with van der Waals surface area (Å²) >= 11 is 8.16. The van der Waals surface area contributed by atoms with Gasteiger partial charge in [0, 0.05) is 34.2 Å². The lowest BCUT2D eigenvalue weighted by Gasteiger charge is -2.40. The van der Waals surface area contributed by atoms with Crippen molar-refractivity contribution in [2.45, 2.75) is 109 Å². The van der Waals surface area contributed by atoms with Crippen LogP contribution in [0.4, 0.5) is 65.9 Å². The van der Waals surface area contributed by atoms with Gasteiger partial charge in [-0.15, -0.1) is 26.3 Å². The van der Waals surface area contributed by atoms with Crippen LogP contribution in [0.1, 0.15) is 58.8 Å². The van der Waals surface area contributed by atoms with Crippen molar-refractivity contribution < 1.29 is 75.3 Å². The fourth-order valence-electron chi connectivity index (χ4n) is 4.91. The largest absolute Gasteiger partial charge is 0.522 e. The average molecular weight is 1200 g/mol. The van der Waals surface area contributed by atoms with Crippen molar-refractivity contribution >= 4 is 90.4 Å². The predicted molar refractivity (Wildman–Crippen MR) is 191 cm³/mol. The lowest BCUT2D eigenvalue weighted by molar-refractivity contribution is -0.424. The minimum atomic E-state index is -6.69. The van der Waals surface area contributed by atoms with Crippen LogP contribution in [-0.4, -0.2) is 72.5 Å². The third-order valence-electron chi connectivity index (χ3n) is 7.59. The van der Waals surface area contributed by atoms with Gasteiger partial charge in [0.15, 0.2) is 0 Å². The molecule has 2 fully saturated rings. The fourth-order valence-corrected chi connectivity index (χ4v) is 9.70. The van der Waals surface area contributed by atoms with E-state index < -0.39 is 63.0 Å². The summed E-state index contributed by atoms with van der Waals surface area (Å²) in [5, 5.41) is 0. The van der Waals surface area contributed by atoms with Gasteiger partial charge in [0.2, 0.25) is 0 Å². The van der Waals surface area contributed by atoms with Gasteiger partial charge in [-0.05, 0) is 50.4 Å². The van der Waals surface area contributed by atoms with E-state index in [1.165, 1.54) is 0 Å². The SMILES string of the molecule is C=C.CC1CC(CCI)C(F)(F)C(CCI)C1.CC1CC(I)C(F)(F)C(I)C1.COC(F)(F)C(F)(F)C(F)(F)C(F)(F)CCOC(F)(F)F. The molecule has 21 heteroatoms. The molecule has 0 amide bonds. The van der Waals surface area contributed by atoms with Crippen molar-refractivity contribution in [1.82, 2.24) is 0 Å². The Morgan fingerprint density at radius 3 is 1.35 bits per heavy atom. The number of methoxy groups -OCH3 is 1. The van der Waals surface area contributed by atoms with Gasteiger partial charge in [-0.1, -0.05) is 104 Å². The molecule has 2 rings (SSSR count). The number of hydrogen-bond donors (Lipinski definition) is 0. The number of hydrogen-bond acceptors (Lipinski definition) is 2. The summed E-state index contributed by atoms with van der Waals surface area (Å²) in [6.45, 7) is 8.03. The highest BCUT2D eigenvalue weighted by atomic mass is 127. The normalized spacial score (nSPS) is 27.4. The van der Waals surface area contributed by atoms with Crippen LogP contribution in [0.2, 0.25) is 0 Å². The quantitative estimate of drug-likeness (QED) is 0.0888. The Bertz CT molecular complexity index is 910. The summed E-state index contributed by atoms with van der Waals surface area (Å²) in [6.07, 6.45) is -9.92. The maximum absolute atomic E-state index is 14.1.